The van der Waals surface area contributed by atoms with Gasteiger partial charge in [-0.1, -0.05) is 226 Å². The summed E-state index contributed by atoms with van der Waals surface area (Å²) in [5.41, 5.74) is 23.5. The highest BCUT2D eigenvalue weighted by Gasteiger charge is 2.37. The van der Waals surface area contributed by atoms with E-state index in [9.17, 15) is 0 Å². The molecule has 1 heterocycles. The number of rotatable bonds is 13. The van der Waals surface area contributed by atoms with Crippen molar-refractivity contribution in [3.8, 4) is 39.2 Å². The van der Waals surface area contributed by atoms with Crippen molar-refractivity contribution >= 4 is 69.3 Å². The third-order valence-electron chi connectivity index (χ3n) is 15.3. The van der Waals surface area contributed by atoms with Crippen LogP contribution in [0.5, 0.6) is 0 Å². The molecule has 0 saturated heterocycles. The maximum atomic E-state index is 2.50. The molecular formula is C75H57N3. The third kappa shape index (κ3) is 9.12. The van der Waals surface area contributed by atoms with Gasteiger partial charge in [0.2, 0.25) is 0 Å². The molecule has 0 radical (unpaired) electrons. The number of anilines is 6. The Morgan fingerprint density at radius 2 is 0.679 bits per heavy atom. The molecule has 11 aromatic carbocycles. The Hall–Kier alpha value is -9.96. The second-order valence-electron chi connectivity index (χ2n) is 20.6. The number of hydrogen-bond acceptors (Lipinski definition) is 2. The molecule has 0 spiro atoms. The lowest BCUT2D eigenvalue weighted by atomic mass is 9.81. The summed E-state index contributed by atoms with van der Waals surface area (Å²) >= 11 is 0. The Balaban J connectivity index is 0.836. The number of benzene rings is 11. The zero-order chi connectivity index (χ0) is 52.4. The molecule has 3 nitrogen and oxygen atoms in total. The molecule has 0 saturated carbocycles. The van der Waals surface area contributed by atoms with Gasteiger partial charge in [-0.15, -0.1) is 0 Å². The largest absolute Gasteiger partial charge is 0.311 e. The highest BCUT2D eigenvalue weighted by molar-refractivity contribution is 6.08. The monoisotopic (exact) mass is 999 g/mol. The average molecular weight is 1000 g/mol. The first-order chi connectivity index (χ1) is 38.4. The van der Waals surface area contributed by atoms with E-state index in [0.717, 1.165) is 56.5 Å². The van der Waals surface area contributed by atoms with Gasteiger partial charge in [-0.25, -0.2) is 0 Å². The van der Waals surface area contributed by atoms with Crippen molar-refractivity contribution < 1.29 is 0 Å². The first-order valence-corrected chi connectivity index (χ1v) is 26.9. The molecule has 0 N–H and O–H groups in total. The van der Waals surface area contributed by atoms with Crippen LogP contribution in [0.2, 0.25) is 0 Å². The lowest BCUT2D eigenvalue weighted by Crippen LogP contribution is -2.15. The summed E-state index contributed by atoms with van der Waals surface area (Å²) in [6.45, 7) is 4.78. The van der Waals surface area contributed by atoms with Gasteiger partial charge in [0.1, 0.15) is 0 Å². The molecule has 0 bridgehead atoms. The van der Waals surface area contributed by atoms with Crippen LogP contribution in [-0.4, -0.2) is 4.57 Å². The van der Waals surface area contributed by atoms with E-state index in [1.165, 1.54) is 61.1 Å². The highest BCUT2D eigenvalue weighted by atomic mass is 15.1. The maximum absolute atomic E-state index is 2.50. The molecule has 0 amide bonds. The summed E-state index contributed by atoms with van der Waals surface area (Å²) < 4.78 is 2.50. The highest BCUT2D eigenvalue weighted by Crippen LogP contribution is 2.53. The zero-order valence-electron chi connectivity index (χ0n) is 43.8. The zero-order valence-corrected chi connectivity index (χ0v) is 43.8. The van der Waals surface area contributed by atoms with E-state index in [-0.39, 0.29) is 5.41 Å². The fourth-order valence-corrected chi connectivity index (χ4v) is 11.5. The number of fused-ring (bicyclic) bond motifs is 4. The normalized spacial score (nSPS) is 12.5. The summed E-state index contributed by atoms with van der Waals surface area (Å²) in [6.07, 6.45) is 8.90. The van der Waals surface area contributed by atoms with Crippen molar-refractivity contribution in [2.45, 2.75) is 19.3 Å². The molecule has 0 aliphatic heterocycles. The SMILES string of the molecule is CC1(C)c2cc(/C=C/c3ccc(N(c4ccccc4)c4ccccc4)cc3)ccc2-c2cc3c(-c4ccccc4)c(-c4ccccc4)n(-c4ccc(/C=C/c5ccc(N(c6ccccc6)c6ccccc6)cc5)cc4)c3cc21. The summed E-state index contributed by atoms with van der Waals surface area (Å²) in [7, 11) is 0. The maximum Gasteiger partial charge on any atom is 0.0619 e. The van der Waals surface area contributed by atoms with E-state index >= 15 is 0 Å². The molecule has 372 valence electrons. The molecule has 3 heteroatoms. The van der Waals surface area contributed by atoms with Gasteiger partial charge in [-0.05, 0) is 153 Å². The van der Waals surface area contributed by atoms with E-state index in [1.54, 1.807) is 0 Å². The molecule has 0 fully saturated rings. The lowest BCUT2D eigenvalue weighted by molar-refractivity contribution is 0.661. The van der Waals surface area contributed by atoms with E-state index < -0.39 is 0 Å². The molecule has 1 aliphatic rings. The predicted molar refractivity (Wildman–Crippen MR) is 332 cm³/mol. The van der Waals surface area contributed by atoms with Crippen molar-refractivity contribution in [2.24, 2.45) is 0 Å². The minimum atomic E-state index is -0.244. The van der Waals surface area contributed by atoms with Crippen molar-refractivity contribution in [1.29, 1.82) is 0 Å². The van der Waals surface area contributed by atoms with Crippen LogP contribution in [0.4, 0.5) is 34.1 Å². The number of hydrogen-bond donors (Lipinski definition) is 0. The average Bonchev–Trinajstić information content (AvgIpc) is 4.18. The second-order valence-corrected chi connectivity index (χ2v) is 20.6. The van der Waals surface area contributed by atoms with Crippen molar-refractivity contribution in [3.63, 3.8) is 0 Å². The van der Waals surface area contributed by atoms with E-state index in [2.05, 4.69) is 338 Å². The van der Waals surface area contributed by atoms with E-state index in [1.807, 2.05) is 0 Å². The fourth-order valence-electron chi connectivity index (χ4n) is 11.5. The van der Waals surface area contributed by atoms with Gasteiger partial charge in [0.05, 0.1) is 11.2 Å². The van der Waals surface area contributed by atoms with Gasteiger partial charge >= 0.3 is 0 Å². The van der Waals surface area contributed by atoms with Crippen LogP contribution in [0, 0.1) is 0 Å². The molecule has 13 rings (SSSR count). The molecule has 1 aliphatic carbocycles. The van der Waals surface area contributed by atoms with Crippen LogP contribution in [0.1, 0.15) is 47.2 Å². The third-order valence-corrected chi connectivity index (χ3v) is 15.3. The van der Waals surface area contributed by atoms with E-state index in [0.29, 0.717) is 0 Å². The number of nitrogens with zero attached hydrogens (tertiary/aromatic N) is 3. The Kier molecular flexibility index (Phi) is 12.6. The summed E-state index contributed by atoms with van der Waals surface area (Å²) in [5, 5.41) is 1.23. The van der Waals surface area contributed by atoms with Crippen LogP contribution in [0.15, 0.2) is 285 Å². The van der Waals surface area contributed by atoms with Crippen LogP contribution in [0.3, 0.4) is 0 Å². The lowest BCUT2D eigenvalue weighted by Gasteiger charge is -2.25. The summed E-state index contributed by atoms with van der Waals surface area (Å²) in [6, 6.07) is 103. The van der Waals surface area contributed by atoms with Crippen LogP contribution >= 0.6 is 0 Å². The minimum absolute atomic E-state index is 0.244. The quantitative estimate of drug-likeness (QED) is 0.107. The minimum Gasteiger partial charge on any atom is -0.311 e. The fraction of sp³-hybridized carbons (Fsp3) is 0.0400. The van der Waals surface area contributed by atoms with Gasteiger partial charge in [0, 0.05) is 56.2 Å². The Morgan fingerprint density at radius 3 is 1.13 bits per heavy atom. The van der Waals surface area contributed by atoms with Crippen molar-refractivity contribution in [3.05, 3.63) is 318 Å². The predicted octanol–water partition coefficient (Wildman–Crippen LogP) is 20.6. The van der Waals surface area contributed by atoms with Crippen LogP contribution in [0.25, 0.3) is 74.4 Å². The van der Waals surface area contributed by atoms with Crippen molar-refractivity contribution in [1.82, 2.24) is 4.57 Å². The number of aromatic nitrogens is 1. The summed E-state index contributed by atoms with van der Waals surface area (Å²) in [4.78, 5) is 4.59. The van der Waals surface area contributed by atoms with Gasteiger partial charge in [0.15, 0.2) is 0 Å². The van der Waals surface area contributed by atoms with Gasteiger partial charge in [-0.3, -0.25) is 0 Å². The topological polar surface area (TPSA) is 11.4 Å². The first-order valence-electron chi connectivity index (χ1n) is 26.9. The van der Waals surface area contributed by atoms with Gasteiger partial charge in [-0.2, -0.15) is 0 Å². The smallest absolute Gasteiger partial charge is 0.0619 e. The Bertz CT molecular complexity index is 4010. The van der Waals surface area contributed by atoms with E-state index in [4.69, 9.17) is 0 Å². The molecule has 0 unspecified atom stereocenters. The second kappa shape index (κ2) is 20.6. The molecular weight excluding hydrogens is 943 g/mol. The molecule has 78 heavy (non-hydrogen) atoms. The van der Waals surface area contributed by atoms with Gasteiger partial charge < -0.3 is 14.4 Å². The molecule has 0 atom stereocenters. The standard InChI is InChI=1S/C75H57N3/c1-75(2)70-51-57(36-35-56-39-46-65(47-40-56)77(62-29-17-7-18-30-62)63-31-19-8-20-32-63)43-50-67(70)68-52-69-72(53-71(68)75)78(74(59-23-11-4-12-24-59)73(69)58-21-9-3-10-22-58)66-48-41-55(42-49-66)34-33-54-37-44-64(45-38-54)76(60-25-13-5-14-26-60)61-27-15-6-16-28-61/h3-53H,1-2H3/b34-33+,36-35+. The number of para-hydroxylation sites is 4. The van der Waals surface area contributed by atoms with Crippen LogP contribution < -0.4 is 9.80 Å². The molecule has 1 aromatic heterocycles. The Labute approximate surface area is 458 Å². The van der Waals surface area contributed by atoms with Crippen molar-refractivity contribution in [2.75, 3.05) is 9.80 Å². The Morgan fingerprint density at radius 1 is 0.321 bits per heavy atom. The first kappa shape index (κ1) is 47.7. The van der Waals surface area contributed by atoms with Crippen LogP contribution in [-0.2, 0) is 5.41 Å². The molecule has 12 aromatic rings. The van der Waals surface area contributed by atoms with Gasteiger partial charge in [0.25, 0.3) is 0 Å². The summed E-state index contributed by atoms with van der Waals surface area (Å²) in [5.74, 6) is 0.